The first-order valence-electron chi connectivity index (χ1n) is 5.31. The molecule has 0 fully saturated rings. The molecule has 1 amide bonds. The molecule has 0 atom stereocenters. The second-order valence-corrected chi connectivity index (χ2v) is 7.13. The predicted molar refractivity (Wildman–Crippen MR) is 70.6 cm³/mol. The highest BCUT2D eigenvalue weighted by Gasteiger charge is 2.66. The number of amides is 1. The highest BCUT2D eigenvalue weighted by molar-refractivity contribution is 9.09. The number of carbonyl (C=O) groups excluding carboxylic acids is 2. The molecule has 0 unspecified atom stereocenters. The fourth-order valence-corrected chi connectivity index (χ4v) is 2.65. The molecular formula is C10H6BrF8NO2S. The molecule has 0 bridgehead atoms. The van der Waals surface area contributed by atoms with Crippen LogP contribution in [0.3, 0.4) is 0 Å². The van der Waals surface area contributed by atoms with Crippen molar-refractivity contribution in [2.24, 2.45) is 0 Å². The molecule has 0 saturated heterocycles. The number of nitrogens with one attached hydrogen (secondary N) is 1. The molecule has 0 radical (unpaired) electrons. The van der Waals surface area contributed by atoms with Gasteiger partial charge < -0.3 is 5.32 Å². The lowest BCUT2D eigenvalue weighted by molar-refractivity contribution is -0.167. The third-order valence-corrected chi connectivity index (χ3v) is 4.03. The van der Waals surface area contributed by atoms with Gasteiger partial charge in [0.25, 0.3) is 0 Å². The number of ketones is 1. The van der Waals surface area contributed by atoms with Gasteiger partial charge in [0.2, 0.25) is 0 Å². The van der Waals surface area contributed by atoms with E-state index in [1.807, 2.05) is 0 Å². The summed E-state index contributed by atoms with van der Waals surface area (Å²) in [5.74, 6) is -3.98. The van der Waals surface area contributed by atoms with Crippen LogP contribution in [0.1, 0.15) is 10.4 Å². The lowest BCUT2D eigenvalue weighted by Gasteiger charge is -2.41. The van der Waals surface area contributed by atoms with Crippen LogP contribution in [-0.2, 0) is 4.79 Å². The Labute approximate surface area is 131 Å². The zero-order valence-electron chi connectivity index (χ0n) is 10.6. The van der Waals surface area contributed by atoms with Gasteiger partial charge in [0.05, 0.1) is 5.33 Å². The molecule has 0 aliphatic carbocycles. The van der Waals surface area contributed by atoms with Crippen LogP contribution in [0.4, 0.5) is 38.3 Å². The van der Waals surface area contributed by atoms with E-state index in [1.54, 1.807) is 0 Å². The van der Waals surface area contributed by atoms with Crippen LogP contribution in [-0.4, -0.2) is 23.2 Å². The van der Waals surface area contributed by atoms with E-state index in [0.29, 0.717) is 0 Å². The van der Waals surface area contributed by atoms with Gasteiger partial charge in [0.1, 0.15) is 4.90 Å². The van der Waals surface area contributed by atoms with Gasteiger partial charge in [-0.1, -0.05) is 35.4 Å². The average molecular weight is 436 g/mol. The summed E-state index contributed by atoms with van der Waals surface area (Å²) in [5, 5.41) is 0.387. The smallest absolute Gasteiger partial charge is 0.318 e. The molecule has 1 aromatic rings. The monoisotopic (exact) mass is 435 g/mol. The van der Waals surface area contributed by atoms with Crippen LogP contribution in [0, 0.1) is 0 Å². The Bertz CT molecular complexity index is 670. The van der Waals surface area contributed by atoms with Gasteiger partial charge in [0, 0.05) is 11.3 Å². The summed E-state index contributed by atoms with van der Waals surface area (Å²) in [4.78, 5) is 19.6. The van der Waals surface area contributed by atoms with Crippen LogP contribution in [0.15, 0.2) is 23.1 Å². The van der Waals surface area contributed by atoms with E-state index < -0.39 is 49.6 Å². The zero-order valence-corrected chi connectivity index (χ0v) is 13.0. The van der Waals surface area contributed by atoms with Crippen molar-refractivity contribution >= 4 is 43.5 Å². The molecule has 0 aromatic heterocycles. The lowest BCUT2D eigenvalue weighted by atomic mass is 10.1. The first-order valence-corrected chi connectivity index (χ1v) is 8.38. The highest BCUT2D eigenvalue weighted by atomic mass is 79.9. The largest absolute Gasteiger partial charge is 0.471 e. The summed E-state index contributed by atoms with van der Waals surface area (Å²) in [6.45, 7) is 0. The van der Waals surface area contributed by atoms with E-state index in [-0.39, 0.29) is 18.2 Å². The molecule has 1 rings (SSSR count). The summed E-state index contributed by atoms with van der Waals surface area (Å²) < 4.78 is 100. The summed E-state index contributed by atoms with van der Waals surface area (Å²) in [6.07, 6.45) is -5.35. The molecule has 0 saturated carbocycles. The van der Waals surface area contributed by atoms with E-state index in [2.05, 4.69) is 15.9 Å². The Hall–Kier alpha value is -1.37. The van der Waals surface area contributed by atoms with Gasteiger partial charge in [-0.2, -0.15) is 13.2 Å². The quantitative estimate of drug-likeness (QED) is 0.389. The molecule has 23 heavy (non-hydrogen) atoms. The molecule has 0 aliphatic heterocycles. The second-order valence-electron chi connectivity index (χ2n) is 4.19. The topological polar surface area (TPSA) is 46.2 Å². The molecule has 3 nitrogen and oxygen atoms in total. The molecule has 1 aromatic carbocycles. The Morgan fingerprint density at radius 2 is 1.61 bits per heavy atom. The van der Waals surface area contributed by atoms with E-state index >= 15 is 0 Å². The maximum absolute atomic E-state index is 12.9. The van der Waals surface area contributed by atoms with E-state index in [4.69, 9.17) is 0 Å². The first kappa shape index (κ1) is 19.7. The van der Waals surface area contributed by atoms with Crippen molar-refractivity contribution < 1.29 is 42.2 Å². The second kappa shape index (κ2) is 5.06. The van der Waals surface area contributed by atoms with Crippen molar-refractivity contribution in [3.8, 4) is 0 Å². The van der Waals surface area contributed by atoms with Crippen molar-refractivity contribution in [3.05, 3.63) is 23.8 Å². The molecule has 1 N–H and O–H groups in total. The molecule has 0 heterocycles. The zero-order chi connectivity index (χ0) is 18.3. The fraction of sp³-hybridized carbons (Fsp3) is 0.200. The Morgan fingerprint density at radius 3 is 2.00 bits per heavy atom. The SMILES string of the molecule is O=C(CBr)c1cc(NC(=O)C(F)(F)F)ccc1S(F)(F)(F)(F)F. The molecule has 0 aliphatic rings. The number of hydrogen-bond acceptors (Lipinski definition) is 2. The van der Waals surface area contributed by atoms with Crippen molar-refractivity contribution in [2.75, 3.05) is 10.6 Å². The number of halogens is 9. The van der Waals surface area contributed by atoms with Gasteiger partial charge in [0.15, 0.2) is 5.78 Å². The first-order chi connectivity index (χ1) is 9.95. The Kier molecular flexibility index (Phi) is 4.33. The van der Waals surface area contributed by atoms with Crippen LogP contribution in [0.2, 0.25) is 0 Å². The highest BCUT2D eigenvalue weighted by Crippen LogP contribution is 3.02. The molecule has 132 valence electrons. The number of hydrogen-bond donors (Lipinski definition) is 1. The number of benzene rings is 1. The van der Waals surface area contributed by atoms with E-state index in [9.17, 15) is 42.2 Å². The molecular weight excluding hydrogens is 430 g/mol. The number of rotatable bonds is 4. The Balaban J connectivity index is 3.46. The summed E-state index contributed by atoms with van der Waals surface area (Å²) in [6, 6.07) is 0.0613. The number of anilines is 1. The van der Waals surface area contributed by atoms with Crippen molar-refractivity contribution in [3.63, 3.8) is 0 Å². The minimum atomic E-state index is -10.3. The van der Waals surface area contributed by atoms with Gasteiger partial charge in [-0.05, 0) is 18.2 Å². The van der Waals surface area contributed by atoms with Crippen LogP contribution < -0.4 is 5.32 Å². The van der Waals surface area contributed by atoms with Crippen LogP contribution in [0.25, 0.3) is 0 Å². The Morgan fingerprint density at radius 1 is 1.09 bits per heavy atom. The third kappa shape index (κ3) is 5.06. The number of alkyl halides is 4. The fourth-order valence-electron chi connectivity index (χ4n) is 1.44. The summed E-state index contributed by atoms with van der Waals surface area (Å²) in [7, 11) is -10.3. The maximum Gasteiger partial charge on any atom is 0.471 e. The summed E-state index contributed by atoms with van der Waals surface area (Å²) >= 11 is 2.48. The average Bonchev–Trinajstić information content (AvgIpc) is 2.33. The van der Waals surface area contributed by atoms with Gasteiger partial charge in [-0.3, -0.25) is 9.59 Å². The predicted octanol–water partition coefficient (Wildman–Crippen LogP) is 5.42. The molecule has 0 spiro atoms. The summed E-state index contributed by atoms with van der Waals surface area (Å²) in [5.41, 5.74) is -2.44. The normalized spacial score (nSPS) is 15.5. The standard InChI is InChI=1S/C10H6BrF8NO2S/c11-4-7(21)6-3-5(20-9(22)10(12,13)14)1-2-8(6)23(15,16,17,18)19/h1-3H,4H2,(H,20,22). The van der Waals surface area contributed by atoms with Crippen LogP contribution in [0.5, 0.6) is 0 Å². The maximum atomic E-state index is 12.9. The van der Waals surface area contributed by atoms with Gasteiger partial charge in [-0.15, -0.1) is 0 Å². The van der Waals surface area contributed by atoms with Gasteiger partial charge >= 0.3 is 22.3 Å². The van der Waals surface area contributed by atoms with Crippen LogP contribution >= 0.6 is 26.2 Å². The third-order valence-electron chi connectivity index (χ3n) is 2.33. The van der Waals surface area contributed by atoms with Crippen molar-refractivity contribution in [1.82, 2.24) is 0 Å². The minimum absolute atomic E-state index is 0.112. The van der Waals surface area contributed by atoms with Crippen molar-refractivity contribution in [2.45, 2.75) is 11.1 Å². The van der Waals surface area contributed by atoms with E-state index in [1.165, 1.54) is 5.32 Å². The molecule has 13 heteroatoms. The van der Waals surface area contributed by atoms with E-state index in [0.717, 1.165) is 0 Å². The lowest BCUT2D eigenvalue weighted by Crippen LogP contribution is -2.30. The minimum Gasteiger partial charge on any atom is -0.318 e. The number of carbonyl (C=O) groups is 2. The van der Waals surface area contributed by atoms with Crippen molar-refractivity contribution in [1.29, 1.82) is 0 Å². The van der Waals surface area contributed by atoms with Gasteiger partial charge in [-0.25, -0.2) is 0 Å². The number of Topliss-reactive ketones (excluding diaryl/α,β-unsaturated/α-hetero) is 1.